The van der Waals surface area contributed by atoms with Gasteiger partial charge in [0.1, 0.15) is 0 Å². The van der Waals surface area contributed by atoms with Crippen molar-refractivity contribution in [2.24, 2.45) is 0 Å². The minimum atomic E-state index is -0.938. The molecule has 0 aliphatic rings. The Labute approximate surface area is 312 Å². The van der Waals surface area contributed by atoms with Gasteiger partial charge in [-0.15, -0.1) is 0 Å². The third-order valence-electron chi connectivity index (χ3n) is 8.72. The molecule has 0 aromatic carbocycles. The van der Waals surface area contributed by atoms with Gasteiger partial charge in [-0.05, 0) is 24.3 Å². The van der Waals surface area contributed by atoms with E-state index in [-0.39, 0.29) is 28.0 Å². The molecule has 0 unspecified atom stereocenters. The molecule has 7 heteroatoms. The zero-order chi connectivity index (χ0) is 34.0. The first-order chi connectivity index (χ1) is 22.5. The average molecular weight is 746 g/mol. The molecular formula is C40H78NiO4S2. The normalized spacial score (nSPS) is 10.8. The van der Waals surface area contributed by atoms with Crippen molar-refractivity contribution in [3.05, 3.63) is 0 Å². The van der Waals surface area contributed by atoms with Crippen molar-refractivity contribution in [3.8, 4) is 0 Å². The Morgan fingerprint density at radius 1 is 0.340 bits per heavy atom. The van der Waals surface area contributed by atoms with Crippen molar-refractivity contribution in [2.75, 3.05) is 23.0 Å². The number of unbranched alkanes of at least 4 members (excludes halogenated alkanes) is 30. The summed E-state index contributed by atoms with van der Waals surface area (Å²) in [6.07, 6.45) is 44.2. The molecule has 4 nitrogen and oxygen atoms in total. The van der Waals surface area contributed by atoms with E-state index in [9.17, 15) is 19.8 Å². The summed E-state index contributed by atoms with van der Waals surface area (Å²) in [4.78, 5) is 20.5. The molecule has 0 radical (unpaired) electrons. The van der Waals surface area contributed by atoms with Crippen molar-refractivity contribution < 1.29 is 36.3 Å². The molecule has 0 rings (SSSR count). The topological polar surface area (TPSA) is 80.3 Å². The first-order valence-corrected chi connectivity index (χ1v) is 22.4. The van der Waals surface area contributed by atoms with Crippen LogP contribution in [0.15, 0.2) is 0 Å². The van der Waals surface area contributed by atoms with Gasteiger partial charge in [-0.1, -0.05) is 206 Å². The van der Waals surface area contributed by atoms with Crippen LogP contribution in [0.3, 0.4) is 0 Å². The Morgan fingerprint density at radius 3 is 0.681 bits per heavy atom. The summed E-state index contributed by atoms with van der Waals surface area (Å²) in [5.41, 5.74) is 0. The van der Waals surface area contributed by atoms with Gasteiger partial charge in [-0.2, -0.15) is 23.5 Å². The zero-order valence-corrected chi connectivity index (χ0v) is 33.8. The number of rotatable bonds is 38. The number of hydrogen-bond acceptors (Lipinski definition) is 6. The van der Waals surface area contributed by atoms with Gasteiger partial charge < -0.3 is 19.8 Å². The quantitative estimate of drug-likeness (QED) is 0.0462. The van der Waals surface area contributed by atoms with E-state index in [1.165, 1.54) is 216 Å². The molecule has 0 saturated carbocycles. The molecule has 0 saturated heterocycles. The maximum absolute atomic E-state index is 10.2. The Hall–Kier alpha value is 0.134. The van der Waals surface area contributed by atoms with E-state index in [1.54, 1.807) is 0 Å². The van der Waals surface area contributed by atoms with Crippen molar-refractivity contribution in [3.63, 3.8) is 0 Å². The van der Waals surface area contributed by atoms with Gasteiger partial charge in [0.15, 0.2) is 0 Å². The largest absolute Gasteiger partial charge is 2.00 e. The number of carbonyl (C=O) groups excluding carboxylic acids is 2. The number of aliphatic carboxylic acids is 2. The molecule has 0 aliphatic heterocycles. The Morgan fingerprint density at radius 2 is 0.511 bits per heavy atom. The summed E-state index contributed by atoms with van der Waals surface area (Å²) in [5, 5.41) is 20.5. The minimum Gasteiger partial charge on any atom is -0.549 e. The Bertz CT molecular complexity index is 545. The van der Waals surface area contributed by atoms with Crippen LogP contribution in [-0.2, 0) is 26.1 Å². The molecule has 0 aliphatic carbocycles. The molecule has 0 aromatic heterocycles. The Kier molecular flexibility index (Phi) is 52.9. The Balaban J connectivity index is -0.000000807. The van der Waals surface area contributed by atoms with Gasteiger partial charge in [0.2, 0.25) is 0 Å². The van der Waals surface area contributed by atoms with Crippen LogP contribution in [0.2, 0.25) is 0 Å². The van der Waals surface area contributed by atoms with Crippen molar-refractivity contribution in [1.82, 2.24) is 0 Å². The van der Waals surface area contributed by atoms with Crippen LogP contribution < -0.4 is 10.2 Å². The number of hydrogen-bond donors (Lipinski definition) is 0. The van der Waals surface area contributed by atoms with Crippen LogP contribution in [0.25, 0.3) is 0 Å². The monoisotopic (exact) mass is 744 g/mol. The molecule has 0 N–H and O–H groups in total. The fourth-order valence-corrected chi connectivity index (χ4v) is 7.25. The standard InChI is InChI=1S/2C20H40O2S.Ni/c2*1-2-3-4-5-6-7-8-9-10-11-12-13-14-15-16-17-18-23-19-20(21)22;/h2*2-19H2,1H3,(H,21,22);/q;;+2/p-2. The van der Waals surface area contributed by atoms with Crippen LogP contribution in [0.1, 0.15) is 219 Å². The molecule has 0 atom stereocenters. The van der Waals surface area contributed by atoms with Gasteiger partial charge in [0.25, 0.3) is 0 Å². The SMILES string of the molecule is CCCCCCCCCCCCCCCCCCSCC(=O)[O-].CCCCCCCCCCCCCCCCCCSCC(=O)[O-].[Ni+2]. The molecule has 0 aromatic rings. The summed E-state index contributed by atoms with van der Waals surface area (Å²) in [6.45, 7) is 4.55. The van der Waals surface area contributed by atoms with E-state index in [2.05, 4.69) is 13.8 Å². The predicted octanol–water partition coefficient (Wildman–Crippen LogP) is 11.5. The molecule has 0 heterocycles. The van der Waals surface area contributed by atoms with Gasteiger partial charge in [-0.3, -0.25) is 0 Å². The molecule has 0 spiro atoms. The number of carboxylic acid groups (broad SMARTS) is 2. The van der Waals surface area contributed by atoms with E-state index >= 15 is 0 Å². The molecule has 0 amide bonds. The van der Waals surface area contributed by atoms with E-state index in [0.29, 0.717) is 0 Å². The third kappa shape index (κ3) is 55.8. The summed E-state index contributed by atoms with van der Waals surface area (Å²) in [7, 11) is 0. The first kappa shape index (κ1) is 51.5. The van der Waals surface area contributed by atoms with E-state index in [1.807, 2.05) is 0 Å². The fraction of sp³-hybridized carbons (Fsp3) is 0.950. The van der Waals surface area contributed by atoms with Crippen molar-refractivity contribution >= 4 is 35.5 Å². The molecule has 284 valence electrons. The van der Waals surface area contributed by atoms with E-state index < -0.39 is 11.9 Å². The number of thioether (sulfide) groups is 2. The molecule has 47 heavy (non-hydrogen) atoms. The van der Waals surface area contributed by atoms with E-state index in [4.69, 9.17) is 0 Å². The maximum atomic E-state index is 10.2. The minimum absolute atomic E-state index is 0. The fourth-order valence-electron chi connectivity index (χ4n) is 5.82. The summed E-state index contributed by atoms with van der Waals surface area (Å²) >= 11 is 2.97. The van der Waals surface area contributed by atoms with Crippen LogP contribution in [0.4, 0.5) is 0 Å². The van der Waals surface area contributed by atoms with Gasteiger partial charge in [-0.25, -0.2) is 0 Å². The van der Waals surface area contributed by atoms with Crippen molar-refractivity contribution in [2.45, 2.75) is 219 Å². The molecule has 0 bridgehead atoms. The van der Waals surface area contributed by atoms with Gasteiger partial charge >= 0.3 is 16.5 Å². The summed E-state index contributed by atoms with van der Waals surface area (Å²) < 4.78 is 0. The molecule has 0 fully saturated rings. The van der Waals surface area contributed by atoms with Gasteiger partial charge in [0, 0.05) is 11.5 Å². The van der Waals surface area contributed by atoms with Crippen LogP contribution in [0.5, 0.6) is 0 Å². The zero-order valence-electron chi connectivity index (χ0n) is 31.2. The second kappa shape index (κ2) is 48.2. The smallest absolute Gasteiger partial charge is 0.549 e. The second-order valence-corrected chi connectivity index (χ2v) is 15.7. The molecular weight excluding hydrogens is 667 g/mol. The summed E-state index contributed by atoms with van der Waals surface area (Å²) in [6, 6.07) is 0. The first-order valence-electron chi connectivity index (χ1n) is 20.1. The van der Waals surface area contributed by atoms with Crippen LogP contribution >= 0.6 is 23.5 Å². The number of carboxylic acids is 2. The van der Waals surface area contributed by atoms with Crippen molar-refractivity contribution in [1.29, 1.82) is 0 Å². The summed E-state index contributed by atoms with van der Waals surface area (Å²) in [5.74, 6) is 0.356. The van der Waals surface area contributed by atoms with Crippen LogP contribution in [-0.4, -0.2) is 35.0 Å². The third-order valence-corrected chi connectivity index (χ3v) is 10.8. The van der Waals surface area contributed by atoms with Gasteiger partial charge in [0.05, 0.1) is 11.9 Å². The van der Waals surface area contributed by atoms with E-state index in [0.717, 1.165) is 24.3 Å². The maximum Gasteiger partial charge on any atom is 2.00 e. The predicted molar refractivity (Wildman–Crippen MR) is 204 cm³/mol. The van der Waals surface area contributed by atoms with Crippen LogP contribution in [0, 0.1) is 0 Å². The average Bonchev–Trinajstić information content (AvgIpc) is 3.03. The number of carbonyl (C=O) groups is 2. The second-order valence-electron chi connectivity index (χ2n) is 13.5.